The lowest BCUT2D eigenvalue weighted by atomic mass is 10.0. The molecule has 1 aromatic rings. The maximum Gasteiger partial charge on any atom is 0.0345 e. The Morgan fingerprint density at radius 3 is 2.76 bits per heavy atom. The summed E-state index contributed by atoms with van der Waals surface area (Å²) in [6.45, 7) is 4.48. The van der Waals surface area contributed by atoms with Crippen LogP contribution in [0, 0.1) is 0 Å². The first kappa shape index (κ1) is 11.1. The van der Waals surface area contributed by atoms with Gasteiger partial charge in [-0.1, -0.05) is 6.07 Å². The van der Waals surface area contributed by atoms with Crippen LogP contribution in [0.3, 0.4) is 0 Å². The second-order valence-electron chi connectivity index (χ2n) is 5.31. The molecule has 1 aromatic carbocycles. The third-order valence-electron chi connectivity index (χ3n) is 3.93. The van der Waals surface area contributed by atoms with Gasteiger partial charge in [0.2, 0.25) is 0 Å². The van der Waals surface area contributed by atoms with Gasteiger partial charge in [-0.2, -0.15) is 0 Å². The van der Waals surface area contributed by atoms with Crippen molar-refractivity contribution >= 4 is 5.69 Å². The number of piperidine rings is 1. The van der Waals surface area contributed by atoms with Crippen LogP contribution in [0.15, 0.2) is 18.2 Å². The highest BCUT2D eigenvalue weighted by Gasteiger charge is 2.17. The van der Waals surface area contributed by atoms with Crippen molar-refractivity contribution in [3.05, 3.63) is 29.3 Å². The first-order chi connectivity index (χ1) is 8.31. The standard InChI is InChI=1S/C14H21N3/c1-17-6-4-13(5-7-17)16-14-3-2-11-9-15-10-12(11)8-14/h2-3,8,13,15-16H,4-7,9-10H2,1H3. The lowest BCUT2D eigenvalue weighted by Gasteiger charge is -2.30. The maximum atomic E-state index is 3.68. The van der Waals surface area contributed by atoms with E-state index in [0.29, 0.717) is 6.04 Å². The molecule has 0 spiro atoms. The summed E-state index contributed by atoms with van der Waals surface area (Å²) in [5, 5.41) is 7.07. The van der Waals surface area contributed by atoms with Crippen LogP contribution >= 0.6 is 0 Å². The smallest absolute Gasteiger partial charge is 0.0345 e. The zero-order valence-corrected chi connectivity index (χ0v) is 10.5. The number of hydrogen-bond donors (Lipinski definition) is 2. The van der Waals surface area contributed by atoms with E-state index in [1.807, 2.05) is 0 Å². The third-order valence-corrected chi connectivity index (χ3v) is 3.93. The number of fused-ring (bicyclic) bond motifs is 1. The molecule has 1 fully saturated rings. The zero-order valence-electron chi connectivity index (χ0n) is 10.5. The van der Waals surface area contributed by atoms with Crippen molar-refractivity contribution in [3.8, 4) is 0 Å². The van der Waals surface area contributed by atoms with Crippen LogP contribution in [0.2, 0.25) is 0 Å². The Bertz CT molecular complexity index is 394. The van der Waals surface area contributed by atoms with Crippen molar-refractivity contribution in [2.45, 2.75) is 32.0 Å². The second-order valence-corrected chi connectivity index (χ2v) is 5.31. The fourth-order valence-electron chi connectivity index (χ4n) is 2.77. The average Bonchev–Trinajstić information content (AvgIpc) is 2.79. The predicted octanol–water partition coefficient (Wildman–Crippen LogP) is 1.80. The highest BCUT2D eigenvalue weighted by Crippen LogP contribution is 2.22. The molecule has 3 rings (SSSR count). The van der Waals surface area contributed by atoms with E-state index in [2.05, 4.69) is 40.8 Å². The molecule has 0 unspecified atom stereocenters. The van der Waals surface area contributed by atoms with Crippen molar-refractivity contribution in [3.63, 3.8) is 0 Å². The van der Waals surface area contributed by atoms with Gasteiger partial charge in [-0.05, 0) is 56.2 Å². The normalized spacial score (nSPS) is 21.5. The van der Waals surface area contributed by atoms with Crippen LogP contribution in [-0.4, -0.2) is 31.1 Å². The van der Waals surface area contributed by atoms with Crippen molar-refractivity contribution in [2.75, 3.05) is 25.5 Å². The number of hydrogen-bond acceptors (Lipinski definition) is 3. The quantitative estimate of drug-likeness (QED) is 0.812. The molecule has 0 radical (unpaired) electrons. The molecule has 0 aliphatic carbocycles. The molecule has 2 aliphatic rings. The summed E-state index contributed by atoms with van der Waals surface area (Å²) in [4.78, 5) is 2.41. The minimum atomic E-state index is 0.651. The molecular weight excluding hydrogens is 210 g/mol. The Morgan fingerprint density at radius 2 is 1.94 bits per heavy atom. The summed E-state index contributed by atoms with van der Waals surface area (Å²) < 4.78 is 0. The van der Waals surface area contributed by atoms with Gasteiger partial charge in [0.1, 0.15) is 0 Å². The fourth-order valence-corrected chi connectivity index (χ4v) is 2.77. The molecule has 17 heavy (non-hydrogen) atoms. The summed E-state index contributed by atoms with van der Waals surface area (Å²) in [7, 11) is 2.21. The molecule has 3 heteroatoms. The molecule has 0 saturated carbocycles. The second kappa shape index (κ2) is 4.67. The molecule has 3 nitrogen and oxygen atoms in total. The molecule has 2 heterocycles. The highest BCUT2D eigenvalue weighted by molar-refractivity contribution is 5.50. The summed E-state index contributed by atoms with van der Waals surface area (Å²) in [5.74, 6) is 0. The number of likely N-dealkylation sites (tertiary alicyclic amines) is 1. The van der Waals surface area contributed by atoms with E-state index in [0.717, 1.165) is 13.1 Å². The maximum absolute atomic E-state index is 3.68. The van der Waals surface area contributed by atoms with Gasteiger partial charge in [0.05, 0.1) is 0 Å². The van der Waals surface area contributed by atoms with Crippen LogP contribution in [0.25, 0.3) is 0 Å². The van der Waals surface area contributed by atoms with Crippen LogP contribution in [0.5, 0.6) is 0 Å². The Hall–Kier alpha value is -1.06. The van der Waals surface area contributed by atoms with Gasteiger partial charge in [-0.25, -0.2) is 0 Å². The van der Waals surface area contributed by atoms with E-state index >= 15 is 0 Å². The van der Waals surface area contributed by atoms with E-state index in [1.54, 1.807) is 0 Å². The van der Waals surface area contributed by atoms with Gasteiger partial charge in [0, 0.05) is 24.8 Å². The Balaban J connectivity index is 1.65. The van der Waals surface area contributed by atoms with Gasteiger partial charge >= 0.3 is 0 Å². The number of nitrogens with one attached hydrogen (secondary N) is 2. The number of rotatable bonds is 2. The highest BCUT2D eigenvalue weighted by atomic mass is 15.1. The monoisotopic (exact) mass is 231 g/mol. The lowest BCUT2D eigenvalue weighted by molar-refractivity contribution is 0.264. The van der Waals surface area contributed by atoms with Crippen LogP contribution < -0.4 is 10.6 Å². The molecule has 0 aromatic heterocycles. The van der Waals surface area contributed by atoms with E-state index in [-0.39, 0.29) is 0 Å². The van der Waals surface area contributed by atoms with E-state index in [9.17, 15) is 0 Å². The Kier molecular flexibility index (Phi) is 3.04. The topological polar surface area (TPSA) is 27.3 Å². The molecule has 0 bridgehead atoms. The Morgan fingerprint density at radius 1 is 1.18 bits per heavy atom. The number of anilines is 1. The van der Waals surface area contributed by atoms with Gasteiger partial charge in [-0.3, -0.25) is 0 Å². The number of benzene rings is 1. The molecule has 92 valence electrons. The van der Waals surface area contributed by atoms with Gasteiger partial charge in [0.15, 0.2) is 0 Å². The summed E-state index contributed by atoms with van der Waals surface area (Å²) in [6.07, 6.45) is 2.51. The summed E-state index contributed by atoms with van der Waals surface area (Å²) >= 11 is 0. The van der Waals surface area contributed by atoms with Crippen LogP contribution in [0.1, 0.15) is 24.0 Å². The van der Waals surface area contributed by atoms with Crippen molar-refractivity contribution in [1.29, 1.82) is 0 Å². The average molecular weight is 231 g/mol. The van der Waals surface area contributed by atoms with Crippen molar-refractivity contribution in [1.82, 2.24) is 10.2 Å². The van der Waals surface area contributed by atoms with Crippen molar-refractivity contribution < 1.29 is 0 Å². The van der Waals surface area contributed by atoms with Gasteiger partial charge in [-0.15, -0.1) is 0 Å². The molecular formula is C14H21N3. The van der Waals surface area contributed by atoms with Crippen LogP contribution in [0.4, 0.5) is 5.69 Å². The summed E-state index contributed by atoms with van der Waals surface area (Å²) in [5.41, 5.74) is 4.21. The van der Waals surface area contributed by atoms with Gasteiger partial charge in [0.25, 0.3) is 0 Å². The fraction of sp³-hybridized carbons (Fsp3) is 0.571. The van der Waals surface area contributed by atoms with E-state index < -0.39 is 0 Å². The SMILES string of the molecule is CN1CCC(Nc2ccc3c(c2)CNC3)CC1. The number of nitrogens with zero attached hydrogens (tertiary/aromatic N) is 1. The minimum Gasteiger partial charge on any atom is -0.382 e. The molecule has 0 amide bonds. The predicted molar refractivity (Wildman–Crippen MR) is 71.1 cm³/mol. The van der Waals surface area contributed by atoms with E-state index in [4.69, 9.17) is 0 Å². The van der Waals surface area contributed by atoms with E-state index in [1.165, 1.54) is 42.7 Å². The largest absolute Gasteiger partial charge is 0.382 e. The molecule has 2 N–H and O–H groups in total. The first-order valence-corrected chi connectivity index (χ1v) is 6.59. The minimum absolute atomic E-state index is 0.651. The third kappa shape index (κ3) is 2.45. The summed E-state index contributed by atoms with van der Waals surface area (Å²) in [6, 6.07) is 7.45. The van der Waals surface area contributed by atoms with Crippen molar-refractivity contribution in [2.24, 2.45) is 0 Å². The molecule has 1 saturated heterocycles. The molecule has 2 aliphatic heterocycles. The lowest BCUT2D eigenvalue weighted by Crippen LogP contribution is -2.36. The zero-order chi connectivity index (χ0) is 11.7. The van der Waals surface area contributed by atoms with Crippen LogP contribution in [-0.2, 0) is 13.1 Å². The Labute approximate surface area is 103 Å². The first-order valence-electron chi connectivity index (χ1n) is 6.59. The van der Waals surface area contributed by atoms with Gasteiger partial charge < -0.3 is 15.5 Å². The molecule has 0 atom stereocenters.